The van der Waals surface area contributed by atoms with Crippen molar-refractivity contribution >= 4 is 0 Å². The average molecular weight is 415 g/mol. The van der Waals surface area contributed by atoms with Crippen molar-refractivity contribution in [2.24, 2.45) is 58.2 Å². The van der Waals surface area contributed by atoms with Crippen LogP contribution >= 0.6 is 0 Å². The lowest BCUT2D eigenvalue weighted by molar-refractivity contribution is -0.128. The fourth-order valence-electron chi connectivity index (χ4n) is 9.42. The van der Waals surface area contributed by atoms with Crippen LogP contribution in [-0.4, -0.2) is 11.2 Å². The van der Waals surface area contributed by atoms with Crippen molar-refractivity contribution in [3.05, 3.63) is 12.2 Å². The van der Waals surface area contributed by atoms with Gasteiger partial charge in [-0.25, -0.2) is 0 Å². The molecule has 4 saturated carbocycles. The predicted octanol–water partition coefficient (Wildman–Crippen LogP) is 7.88. The van der Waals surface area contributed by atoms with Crippen molar-refractivity contribution < 1.29 is 5.11 Å². The van der Waals surface area contributed by atoms with Crippen LogP contribution in [0.15, 0.2) is 12.2 Å². The third kappa shape index (κ3) is 3.74. The van der Waals surface area contributed by atoms with Gasteiger partial charge in [-0.05, 0) is 122 Å². The van der Waals surface area contributed by atoms with Crippen molar-refractivity contribution in [1.82, 2.24) is 0 Å². The molecule has 0 amide bonds. The van der Waals surface area contributed by atoms with E-state index in [0.29, 0.717) is 10.8 Å². The maximum atomic E-state index is 10.3. The van der Waals surface area contributed by atoms with Crippen LogP contribution in [0.25, 0.3) is 0 Å². The zero-order chi connectivity index (χ0) is 21.7. The summed E-state index contributed by atoms with van der Waals surface area (Å²) in [5.74, 6) is 6.72. The first-order chi connectivity index (χ1) is 14.2. The quantitative estimate of drug-likeness (QED) is 0.454. The zero-order valence-electron chi connectivity index (χ0n) is 20.9. The first kappa shape index (κ1) is 22.9. The molecule has 4 aliphatic rings. The van der Waals surface area contributed by atoms with Crippen LogP contribution in [0.5, 0.6) is 0 Å². The van der Waals surface area contributed by atoms with E-state index in [4.69, 9.17) is 0 Å². The second kappa shape index (κ2) is 8.57. The molecule has 0 bridgehead atoms. The van der Waals surface area contributed by atoms with Crippen LogP contribution in [0, 0.1) is 58.2 Å². The van der Waals surface area contributed by atoms with Crippen molar-refractivity contribution in [2.45, 2.75) is 112 Å². The van der Waals surface area contributed by atoms with E-state index in [9.17, 15) is 5.11 Å². The number of hydrogen-bond acceptors (Lipinski definition) is 1. The number of rotatable bonds is 5. The van der Waals surface area contributed by atoms with Crippen molar-refractivity contribution in [2.75, 3.05) is 0 Å². The van der Waals surface area contributed by atoms with E-state index in [1.54, 1.807) is 0 Å². The SMILES string of the molecule is CC[C@H](/C=C/[C@@H](C)[C@H]1CC[C@H]2[C@@H]3CC[C@H]4C[C@@H](O)CC[C@]4(C)[C@H]3CC[C@]12C)C(C)C. The van der Waals surface area contributed by atoms with E-state index in [2.05, 4.69) is 53.7 Å². The number of hydrogen-bond donors (Lipinski definition) is 1. The number of aliphatic hydroxyl groups excluding tert-OH is 1. The van der Waals surface area contributed by atoms with E-state index in [1.165, 1.54) is 51.4 Å². The van der Waals surface area contributed by atoms with Gasteiger partial charge >= 0.3 is 0 Å². The van der Waals surface area contributed by atoms with Crippen LogP contribution < -0.4 is 0 Å². The summed E-state index contributed by atoms with van der Waals surface area (Å²) in [5, 5.41) is 10.3. The van der Waals surface area contributed by atoms with Gasteiger partial charge in [-0.3, -0.25) is 0 Å². The Morgan fingerprint density at radius 3 is 2.27 bits per heavy atom. The summed E-state index contributed by atoms with van der Waals surface area (Å²) in [5.41, 5.74) is 1.07. The van der Waals surface area contributed by atoms with Crippen molar-refractivity contribution in [3.8, 4) is 0 Å². The van der Waals surface area contributed by atoms with Gasteiger partial charge in [-0.2, -0.15) is 0 Å². The van der Waals surface area contributed by atoms with Gasteiger partial charge in [0.25, 0.3) is 0 Å². The van der Waals surface area contributed by atoms with Crippen LogP contribution in [0.3, 0.4) is 0 Å². The van der Waals surface area contributed by atoms with Crippen LogP contribution in [0.1, 0.15) is 106 Å². The molecule has 0 aromatic rings. The molecule has 4 rings (SSSR count). The lowest BCUT2D eigenvalue weighted by Gasteiger charge is -2.61. The molecule has 0 aromatic heterocycles. The first-order valence-electron chi connectivity index (χ1n) is 13.6. The third-order valence-electron chi connectivity index (χ3n) is 11.3. The van der Waals surface area contributed by atoms with Gasteiger partial charge in [0.05, 0.1) is 6.10 Å². The molecule has 1 heteroatoms. The van der Waals surface area contributed by atoms with Gasteiger partial charge in [0.1, 0.15) is 0 Å². The van der Waals surface area contributed by atoms with Gasteiger partial charge < -0.3 is 5.11 Å². The fourth-order valence-corrected chi connectivity index (χ4v) is 9.42. The van der Waals surface area contributed by atoms with Gasteiger partial charge in [-0.15, -0.1) is 0 Å². The second-order valence-electron chi connectivity index (χ2n) is 12.9. The molecular weight excluding hydrogens is 364 g/mol. The Morgan fingerprint density at radius 2 is 1.57 bits per heavy atom. The summed E-state index contributed by atoms with van der Waals surface area (Å²) in [4.78, 5) is 0. The summed E-state index contributed by atoms with van der Waals surface area (Å²) in [6, 6.07) is 0. The van der Waals surface area contributed by atoms with Crippen molar-refractivity contribution in [3.63, 3.8) is 0 Å². The summed E-state index contributed by atoms with van der Waals surface area (Å²) >= 11 is 0. The smallest absolute Gasteiger partial charge is 0.0543 e. The molecule has 0 aromatic carbocycles. The molecule has 0 saturated heterocycles. The highest BCUT2D eigenvalue weighted by atomic mass is 16.3. The summed E-state index contributed by atoms with van der Waals surface area (Å²) < 4.78 is 0. The molecule has 0 radical (unpaired) electrons. The Hall–Kier alpha value is -0.300. The minimum atomic E-state index is -0.0187. The predicted molar refractivity (Wildman–Crippen MR) is 128 cm³/mol. The molecule has 30 heavy (non-hydrogen) atoms. The van der Waals surface area contributed by atoms with E-state index in [1.807, 2.05) is 0 Å². The van der Waals surface area contributed by atoms with Gasteiger partial charge in [0, 0.05) is 0 Å². The topological polar surface area (TPSA) is 20.2 Å². The molecular formula is C29H50O. The molecule has 0 unspecified atom stereocenters. The molecule has 4 fully saturated rings. The van der Waals surface area contributed by atoms with Gasteiger partial charge in [0.15, 0.2) is 0 Å². The van der Waals surface area contributed by atoms with E-state index >= 15 is 0 Å². The maximum absolute atomic E-state index is 10.3. The summed E-state index contributed by atoms with van der Waals surface area (Å²) in [6.07, 6.45) is 18.5. The van der Waals surface area contributed by atoms with Crippen LogP contribution in [0.2, 0.25) is 0 Å². The molecule has 4 aliphatic carbocycles. The molecule has 1 N–H and O–H groups in total. The number of allylic oxidation sites excluding steroid dienone is 2. The third-order valence-corrected chi connectivity index (χ3v) is 11.3. The lowest BCUT2D eigenvalue weighted by Crippen LogP contribution is -2.54. The maximum Gasteiger partial charge on any atom is 0.0543 e. The molecule has 0 spiro atoms. The van der Waals surface area contributed by atoms with Gasteiger partial charge in [-0.1, -0.05) is 53.7 Å². The molecule has 172 valence electrons. The fraction of sp³-hybridized carbons (Fsp3) is 0.931. The highest BCUT2D eigenvalue weighted by Crippen LogP contribution is 2.68. The van der Waals surface area contributed by atoms with Gasteiger partial charge in [0.2, 0.25) is 0 Å². The number of aliphatic hydroxyl groups is 1. The average Bonchev–Trinajstić information content (AvgIpc) is 3.06. The Balaban J connectivity index is 1.49. The van der Waals surface area contributed by atoms with E-state index < -0.39 is 0 Å². The Morgan fingerprint density at radius 1 is 0.867 bits per heavy atom. The number of fused-ring (bicyclic) bond motifs is 5. The normalized spacial score (nSPS) is 48.3. The molecule has 1 nitrogen and oxygen atoms in total. The second-order valence-corrected chi connectivity index (χ2v) is 12.9. The van der Waals surface area contributed by atoms with E-state index in [-0.39, 0.29) is 6.10 Å². The summed E-state index contributed by atoms with van der Waals surface area (Å²) in [7, 11) is 0. The highest BCUT2D eigenvalue weighted by molar-refractivity contribution is 5.11. The molecule has 0 heterocycles. The highest BCUT2D eigenvalue weighted by Gasteiger charge is 2.60. The minimum Gasteiger partial charge on any atom is -0.393 e. The lowest BCUT2D eigenvalue weighted by atomic mass is 9.44. The minimum absolute atomic E-state index is 0.0187. The monoisotopic (exact) mass is 414 g/mol. The Kier molecular flexibility index (Phi) is 6.53. The standard InChI is InChI=1S/C29H50O/c1-7-21(19(2)3)9-8-20(4)25-12-13-26-24-11-10-22-18-23(30)14-16-28(22,5)27(24)15-17-29(25,26)6/h8-9,19-27,30H,7,10-18H2,1-6H3/b9-8+/t20-,21-,22+,23+,24+,25-,26+,27+,28+,29-/m1/s1. The van der Waals surface area contributed by atoms with Crippen LogP contribution in [-0.2, 0) is 0 Å². The van der Waals surface area contributed by atoms with E-state index in [0.717, 1.165) is 60.2 Å². The van der Waals surface area contributed by atoms with Crippen LogP contribution in [0.4, 0.5) is 0 Å². The summed E-state index contributed by atoms with van der Waals surface area (Å²) in [6.45, 7) is 14.9. The molecule has 10 atom stereocenters. The Bertz CT molecular complexity index is 622. The largest absolute Gasteiger partial charge is 0.393 e. The van der Waals surface area contributed by atoms with Crippen molar-refractivity contribution in [1.29, 1.82) is 0 Å². The first-order valence-corrected chi connectivity index (χ1v) is 13.6. The Labute approximate surface area is 187 Å². The molecule has 0 aliphatic heterocycles. The zero-order valence-corrected chi connectivity index (χ0v) is 20.9.